The molecular weight excluding hydrogens is 219 g/mol. The number of halogens is 3. The second-order valence-corrected chi connectivity index (χ2v) is 10.8. The Morgan fingerprint density at radius 1 is 1.09 bits per heavy atom. The SMILES string of the molecule is CCCC[Si](Cl)(Cl)CCCCl. The Morgan fingerprint density at radius 2 is 1.64 bits per heavy atom. The highest BCUT2D eigenvalue weighted by Crippen LogP contribution is 2.29. The highest BCUT2D eigenvalue weighted by atomic mass is 35.7. The van der Waals surface area contributed by atoms with E-state index < -0.39 is 6.69 Å². The fraction of sp³-hybridized carbons (Fsp3) is 1.00. The molecule has 0 nitrogen and oxygen atoms in total. The number of hydrogen-bond acceptors (Lipinski definition) is 0. The molecule has 0 rings (SSSR count). The molecule has 0 bridgehead atoms. The van der Waals surface area contributed by atoms with Gasteiger partial charge in [0, 0.05) is 5.88 Å². The summed E-state index contributed by atoms with van der Waals surface area (Å²) < 4.78 is 0. The Bertz CT molecular complexity index is 85.7. The van der Waals surface area contributed by atoms with Crippen LogP contribution in [0.1, 0.15) is 26.2 Å². The standard InChI is InChI=1S/C7H15Cl3Si/c1-2-3-6-11(9,10)7-4-5-8/h2-7H2,1H3. The van der Waals surface area contributed by atoms with E-state index in [0.717, 1.165) is 24.9 Å². The minimum atomic E-state index is -1.89. The van der Waals surface area contributed by atoms with E-state index in [1.165, 1.54) is 6.42 Å². The molecule has 0 radical (unpaired) electrons. The molecule has 0 saturated heterocycles. The zero-order valence-electron chi connectivity index (χ0n) is 6.88. The average Bonchev–Trinajstić information content (AvgIpc) is 1.97. The van der Waals surface area contributed by atoms with Crippen molar-refractivity contribution < 1.29 is 0 Å². The van der Waals surface area contributed by atoms with Gasteiger partial charge in [0.1, 0.15) is 0 Å². The summed E-state index contributed by atoms with van der Waals surface area (Å²) in [6.07, 6.45) is 3.29. The lowest BCUT2D eigenvalue weighted by Gasteiger charge is -2.14. The Labute approximate surface area is 84.6 Å². The molecule has 11 heavy (non-hydrogen) atoms. The van der Waals surface area contributed by atoms with E-state index in [1.54, 1.807) is 0 Å². The van der Waals surface area contributed by atoms with Crippen LogP contribution in [-0.2, 0) is 0 Å². The molecule has 0 aliphatic heterocycles. The molecule has 0 heterocycles. The van der Waals surface area contributed by atoms with E-state index in [2.05, 4.69) is 6.92 Å². The Balaban J connectivity index is 3.43. The van der Waals surface area contributed by atoms with Crippen LogP contribution in [0.25, 0.3) is 0 Å². The van der Waals surface area contributed by atoms with Gasteiger partial charge in [-0.2, -0.15) is 0 Å². The summed E-state index contributed by atoms with van der Waals surface area (Å²) in [6.45, 7) is 0.267. The molecule has 0 aliphatic carbocycles. The van der Waals surface area contributed by atoms with E-state index in [9.17, 15) is 0 Å². The van der Waals surface area contributed by atoms with Gasteiger partial charge in [-0.25, -0.2) is 0 Å². The summed E-state index contributed by atoms with van der Waals surface area (Å²) in [5.74, 6) is 0.681. The molecule has 68 valence electrons. The highest BCUT2D eigenvalue weighted by Gasteiger charge is 2.26. The van der Waals surface area contributed by atoms with Crippen LogP contribution in [-0.4, -0.2) is 12.6 Å². The lowest BCUT2D eigenvalue weighted by Crippen LogP contribution is -2.18. The van der Waals surface area contributed by atoms with Gasteiger partial charge in [-0.3, -0.25) is 0 Å². The zero-order valence-corrected chi connectivity index (χ0v) is 10.1. The summed E-state index contributed by atoms with van der Waals surface area (Å²) in [5.41, 5.74) is 0. The molecular formula is C7H15Cl3Si. The van der Waals surface area contributed by atoms with Gasteiger partial charge in [0.25, 0.3) is 6.69 Å². The monoisotopic (exact) mass is 232 g/mol. The molecule has 0 aliphatic rings. The summed E-state index contributed by atoms with van der Waals surface area (Å²) in [6, 6.07) is 1.96. The van der Waals surface area contributed by atoms with Gasteiger partial charge in [0.2, 0.25) is 0 Å². The highest BCUT2D eigenvalue weighted by molar-refractivity contribution is 7.45. The predicted octanol–water partition coefficient (Wildman–Crippen LogP) is 4.34. The van der Waals surface area contributed by atoms with Gasteiger partial charge in [0.05, 0.1) is 0 Å². The van der Waals surface area contributed by atoms with Crippen molar-refractivity contribution in [2.75, 3.05) is 5.88 Å². The van der Waals surface area contributed by atoms with Crippen molar-refractivity contribution in [1.82, 2.24) is 0 Å². The molecule has 0 saturated carbocycles. The Morgan fingerprint density at radius 3 is 2.09 bits per heavy atom. The normalized spacial score (nSPS) is 12.0. The molecule has 0 fully saturated rings. The lowest BCUT2D eigenvalue weighted by atomic mass is 10.4. The van der Waals surface area contributed by atoms with Gasteiger partial charge in [-0.1, -0.05) is 19.8 Å². The summed E-state index contributed by atoms with van der Waals surface area (Å²) in [5, 5.41) is 0. The van der Waals surface area contributed by atoms with Crippen LogP contribution in [0, 0.1) is 0 Å². The van der Waals surface area contributed by atoms with E-state index in [0.29, 0.717) is 5.88 Å². The first-order valence-corrected chi connectivity index (χ1v) is 9.03. The fourth-order valence-electron chi connectivity index (χ4n) is 0.886. The fourth-order valence-corrected chi connectivity index (χ4v) is 4.66. The van der Waals surface area contributed by atoms with Gasteiger partial charge in [-0.15, -0.1) is 33.8 Å². The maximum absolute atomic E-state index is 6.14. The van der Waals surface area contributed by atoms with E-state index >= 15 is 0 Å². The first-order chi connectivity index (χ1) is 5.12. The molecule has 0 spiro atoms. The summed E-state index contributed by atoms with van der Waals surface area (Å²) >= 11 is 17.8. The minimum absolute atomic E-state index is 0.681. The van der Waals surface area contributed by atoms with Crippen molar-refractivity contribution in [3.8, 4) is 0 Å². The Hall–Kier alpha value is 1.09. The molecule has 0 aromatic heterocycles. The topological polar surface area (TPSA) is 0 Å². The molecule has 0 aromatic carbocycles. The molecule has 0 atom stereocenters. The molecule has 0 amide bonds. The largest absolute Gasteiger partial charge is 0.251 e. The second kappa shape index (κ2) is 6.59. The Kier molecular flexibility index (Phi) is 7.24. The van der Waals surface area contributed by atoms with Crippen molar-refractivity contribution in [3.63, 3.8) is 0 Å². The first kappa shape index (κ1) is 12.1. The third-order valence-corrected chi connectivity index (χ3v) is 6.28. The average molecular weight is 234 g/mol. The third kappa shape index (κ3) is 7.45. The first-order valence-electron chi connectivity index (χ1n) is 4.06. The van der Waals surface area contributed by atoms with Crippen molar-refractivity contribution >= 4 is 40.5 Å². The predicted molar refractivity (Wildman–Crippen MR) is 57.3 cm³/mol. The van der Waals surface area contributed by atoms with Crippen LogP contribution < -0.4 is 0 Å². The van der Waals surface area contributed by atoms with Crippen LogP contribution in [0.3, 0.4) is 0 Å². The number of rotatable bonds is 6. The van der Waals surface area contributed by atoms with Gasteiger partial charge in [-0.05, 0) is 18.5 Å². The number of hydrogen-bond donors (Lipinski definition) is 0. The maximum atomic E-state index is 6.14. The quantitative estimate of drug-likeness (QED) is 0.364. The van der Waals surface area contributed by atoms with Crippen LogP contribution >= 0.6 is 33.8 Å². The summed E-state index contributed by atoms with van der Waals surface area (Å²) in [7, 11) is 0. The van der Waals surface area contributed by atoms with E-state index in [1.807, 2.05) is 0 Å². The van der Waals surface area contributed by atoms with Gasteiger partial charge in [0.15, 0.2) is 0 Å². The molecule has 4 heteroatoms. The molecule has 0 aromatic rings. The minimum Gasteiger partial charge on any atom is -0.146 e. The second-order valence-electron chi connectivity index (χ2n) is 2.75. The lowest BCUT2D eigenvalue weighted by molar-refractivity contribution is 0.869. The van der Waals surface area contributed by atoms with Crippen LogP contribution in [0.4, 0.5) is 0 Å². The third-order valence-electron chi connectivity index (χ3n) is 1.57. The van der Waals surface area contributed by atoms with Gasteiger partial charge < -0.3 is 0 Å². The zero-order chi connectivity index (χ0) is 8.74. The molecule has 0 unspecified atom stereocenters. The van der Waals surface area contributed by atoms with Crippen molar-refractivity contribution in [1.29, 1.82) is 0 Å². The van der Waals surface area contributed by atoms with Crippen LogP contribution in [0.5, 0.6) is 0 Å². The van der Waals surface area contributed by atoms with Gasteiger partial charge >= 0.3 is 0 Å². The van der Waals surface area contributed by atoms with Crippen molar-refractivity contribution in [2.24, 2.45) is 0 Å². The molecule has 0 N–H and O–H groups in total. The van der Waals surface area contributed by atoms with Crippen LogP contribution in [0.15, 0.2) is 0 Å². The van der Waals surface area contributed by atoms with Crippen molar-refractivity contribution in [3.05, 3.63) is 0 Å². The smallest absolute Gasteiger partial charge is 0.146 e. The van der Waals surface area contributed by atoms with E-state index in [4.69, 9.17) is 33.8 Å². The van der Waals surface area contributed by atoms with Crippen LogP contribution in [0.2, 0.25) is 12.1 Å². The van der Waals surface area contributed by atoms with E-state index in [-0.39, 0.29) is 0 Å². The summed E-state index contributed by atoms with van der Waals surface area (Å²) in [4.78, 5) is 0. The van der Waals surface area contributed by atoms with Crippen molar-refractivity contribution in [2.45, 2.75) is 38.3 Å². The maximum Gasteiger partial charge on any atom is 0.251 e. The number of unbranched alkanes of at least 4 members (excludes halogenated alkanes) is 1. The number of alkyl halides is 1.